The second kappa shape index (κ2) is 7.55. The molecule has 0 aliphatic heterocycles. The third-order valence-corrected chi connectivity index (χ3v) is 4.47. The molecule has 5 heteroatoms. The lowest BCUT2D eigenvalue weighted by Gasteiger charge is -2.24. The molecule has 1 aromatic carbocycles. The average molecular weight is 327 g/mol. The molecule has 1 N–H and O–H groups in total. The highest BCUT2D eigenvalue weighted by Crippen LogP contribution is 2.19. The average Bonchev–Trinajstić information content (AvgIpc) is 3.20. The SMILES string of the molecule is Cn1cc(CN(Cc2ccccc2)CC(O)c2ccsc2)cn1. The lowest BCUT2D eigenvalue weighted by molar-refractivity contribution is 0.105. The number of aliphatic hydroxyl groups is 1. The second-order valence-corrected chi connectivity index (χ2v) is 6.53. The summed E-state index contributed by atoms with van der Waals surface area (Å²) >= 11 is 1.61. The van der Waals surface area contributed by atoms with E-state index in [1.54, 1.807) is 11.3 Å². The number of benzene rings is 1. The fraction of sp³-hybridized carbons (Fsp3) is 0.278. The molecule has 120 valence electrons. The van der Waals surface area contributed by atoms with Crippen molar-refractivity contribution >= 4 is 11.3 Å². The summed E-state index contributed by atoms with van der Waals surface area (Å²) in [7, 11) is 1.92. The van der Waals surface area contributed by atoms with Gasteiger partial charge < -0.3 is 5.11 Å². The van der Waals surface area contributed by atoms with Gasteiger partial charge in [0.15, 0.2) is 0 Å². The van der Waals surface area contributed by atoms with Crippen molar-refractivity contribution in [2.75, 3.05) is 6.54 Å². The van der Waals surface area contributed by atoms with Crippen LogP contribution in [0.4, 0.5) is 0 Å². The van der Waals surface area contributed by atoms with Crippen molar-refractivity contribution in [1.82, 2.24) is 14.7 Å². The first-order valence-corrected chi connectivity index (χ1v) is 8.59. The van der Waals surface area contributed by atoms with Gasteiger partial charge in [0.1, 0.15) is 0 Å². The van der Waals surface area contributed by atoms with Crippen LogP contribution in [0.15, 0.2) is 59.6 Å². The quantitative estimate of drug-likeness (QED) is 0.724. The van der Waals surface area contributed by atoms with Crippen LogP contribution in [-0.4, -0.2) is 26.3 Å². The molecule has 0 aliphatic rings. The van der Waals surface area contributed by atoms with Crippen LogP contribution in [0.1, 0.15) is 22.8 Å². The standard InChI is InChI=1S/C18H21N3OS/c1-20-10-16(9-19-20)12-21(11-15-5-3-2-4-6-15)13-18(22)17-7-8-23-14-17/h2-10,14,18,22H,11-13H2,1H3. The number of hydrogen-bond donors (Lipinski definition) is 1. The van der Waals surface area contributed by atoms with Crippen molar-refractivity contribution in [3.63, 3.8) is 0 Å². The molecule has 2 heterocycles. The van der Waals surface area contributed by atoms with Gasteiger partial charge in [-0.25, -0.2) is 0 Å². The molecular formula is C18H21N3OS. The maximum atomic E-state index is 10.5. The fourth-order valence-corrected chi connectivity index (χ4v) is 3.36. The second-order valence-electron chi connectivity index (χ2n) is 5.75. The Morgan fingerprint density at radius 3 is 2.61 bits per heavy atom. The topological polar surface area (TPSA) is 41.3 Å². The first kappa shape index (κ1) is 15.9. The Bertz CT molecular complexity index is 709. The number of rotatable bonds is 7. The summed E-state index contributed by atoms with van der Waals surface area (Å²) in [6.07, 6.45) is 3.44. The van der Waals surface area contributed by atoms with Crippen molar-refractivity contribution in [1.29, 1.82) is 0 Å². The highest BCUT2D eigenvalue weighted by molar-refractivity contribution is 7.07. The zero-order chi connectivity index (χ0) is 16.1. The summed E-state index contributed by atoms with van der Waals surface area (Å²) in [6, 6.07) is 12.3. The van der Waals surface area contributed by atoms with Crippen LogP contribution in [0.5, 0.6) is 0 Å². The fourth-order valence-electron chi connectivity index (χ4n) is 2.65. The van der Waals surface area contributed by atoms with E-state index in [1.807, 2.05) is 59.1 Å². The van der Waals surface area contributed by atoms with Gasteiger partial charge in [-0.2, -0.15) is 16.4 Å². The van der Waals surface area contributed by atoms with E-state index in [1.165, 1.54) is 5.56 Å². The third-order valence-electron chi connectivity index (χ3n) is 3.77. The maximum absolute atomic E-state index is 10.5. The van der Waals surface area contributed by atoms with Gasteiger partial charge in [-0.15, -0.1) is 0 Å². The minimum Gasteiger partial charge on any atom is -0.387 e. The smallest absolute Gasteiger partial charge is 0.0925 e. The number of hydrogen-bond acceptors (Lipinski definition) is 4. The molecule has 0 spiro atoms. The highest BCUT2D eigenvalue weighted by atomic mass is 32.1. The molecule has 0 fully saturated rings. The van der Waals surface area contributed by atoms with Gasteiger partial charge in [-0.05, 0) is 28.0 Å². The van der Waals surface area contributed by atoms with Gasteiger partial charge in [0, 0.05) is 38.4 Å². The van der Waals surface area contributed by atoms with E-state index in [2.05, 4.69) is 22.1 Å². The maximum Gasteiger partial charge on any atom is 0.0925 e. The normalized spacial score (nSPS) is 12.7. The molecule has 0 bridgehead atoms. The molecule has 3 aromatic rings. The molecule has 23 heavy (non-hydrogen) atoms. The molecule has 1 atom stereocenters. The van der Waals surface area contributed by atoms with Gasteiger partial charge in [0.05, 0.1) is 12.3 Å². The molecule has 0 aliphatic carbocycles. The Kier molecular flexibility index (Phi) is 5.23. The zero-order valence-electron chi connectivity index (χ0n) is 13.2. The van der Waals surface area contributed by atoms with Crippen LogP contribution in [0.25, 0.3) is 0 Å². The molecule has 0 radical (unpaired) electrons. The van der Waals surface area contributed by atoms with E-state index in [4.69, 9.17) is 0 Å². The van der Waals surface area contributed by atoms with Gasteiger partial charge in [-0.3, -0.25) is 9.58 Å². The van der Waals surface area contributed by atoms with Crippen LogP contribution in [0, 0.1) is 0 Å². The molecule has 0 saturated carbocycles. The van der Waals surface area contributed by atoms with Gasteiger partial charge >= 0.3 is 0 Å². The number of aryl methyl sites for hydroxylation is 1. The summed E-state index contributed by atoms with van der Waals surface area (Å²) in [5.74, 6) is 0. The lowest BCUT2D eigenvalue weighted by Crippen LogP contribution is -2.27. The molecular weight excluding hydrogens is 306 g/mol. The molecule has 1 unspecified atom stereocenters. The Morgan fingerprint density at radius 2 is 1.96 bits per heavy atom. The van der Waals surface area contributed by atoms with Crippen LogP contribution >= 0.6 is 11.3 Å². The van der Waals surface area contributed by atoms with Crippen molar-refractivity contribution < 1.29 is 5.11 Å². The Morgan fingerprint density at radius 1 is 1.17 bits per heavy atom. The van der Waals surface area contributed by atoms with E-state index in [9.17, 15) is 5.11 Å². The van der Waals surface area contributed by atoms with E-state index in [0.717, 1.165) is 24.2 Å². The lowest BCUT2D eigenvalue weighted by atomic mass is 10.1. The predicted octanol–water partition coefficient (Wildman–Crippen LogP) is 3.22. The summed E-state index contributed by atoms with van der Waals surface area (Å²) in [6.45, 7) is 2.17. The molecule has 3 rings (SSSR count). The van der Waals surface area contributed by atoms with E-state index < -0.39 is 6.10 Å². The zero-order valence-corrected chi connectivity index (χ0v) is 14.0. The van der Waals surface area contributed by atoms with Crippen molar-refractivity contribution in [3.05, 3.63) is 76.2 Å². The Balaban J connectivity index is 1.72. The van der Waals surface area contributed by atoms with Crippen LogP contribution < -0.4 is 0 Å². The van der Waals surface area contributed by atoms with E-state index >= 15 is 0 Å². The molecule has 2 aromatic heterocycles. The van der Waals surface area contributed by atoms with Crippen LogP contribution in [0.3, 0.4) is 0 Å². The Labute approximate surface area is 140 Å². The van der Waals surface area contributed by atoms with E-state index in [0.29, 0.717) is 6.54 Å². The van der Waals surface area contributed by atoms with Crippen LogP contribution in [-0.2, 0) is 20.1 Å². The first-order valence-electron chi connectivity index (χ1n) is 7.64. The van der Waals surface area contributed by atoms with Crippen molar-refractivity contribution in [2.45, 2.75) is 19.2 Å². The molecule has 4 nitrogen and oxygen atoms in total. The van der Waals surface area contributed by atoms with Crippen molar-refractivity contribution in [2.24, 2.45) is 7.05 Å². The summed E-state index contributed by atoms with van der Waals surface area (Å²) < 4.78 is 1.81. The molecule has 0 amide bonds. The monoisotopic (exact) mass is 327 g/mol. The predicted molar refractivity (Wildman–Crippen MR) is 93.0 cm³/mol. The highest BCUT2D eigenvalue weighted by Gasteiger charge is 2.15. The van der Waals surface area contributed by atoms with E-state index in [-0.39, 0.29) is 0 Å². The van der Waals surface area contributed by atoms with Crippen molar-refractivity contribution in [3.8, 4) is 0 Å². The van der Waals surface area contributed by atoms with Gasteiger partial charge in [-0.1, -0.05) is 30.3 Å². The Hall–Kier alpha value is -1.95. The number of aromatic nitrogens is 2. The van der Waals surface area contributed by atoms with Crippen LogP contribution in [0.2, 0.25) is 0 Å². The largest absolute Gasteiger partial charge is 0.387 e. The number of aliphatic hydroxyl groups excluding tert-OH is 1. The van der Waals surface area contributed by atoms with Gasteiger partial charge in [0.25, 0.3) is 0 Å². The minimum absolute atomic E-state index is 0.471. The number of thiophene rings is 1. The summed E-state index contributed by atoms with van der Waals surface area (Å²) in [5.41, 5.74) is 3.38. The van der Waals surface area contributed by atoms with Gasteiger partial charge in [0.2, 0.25) is 0 Å². The number of nitrogens with zero attached hydrogens (tertiary/aromatic N) is 3. The summed E-state index contributed by atoms with van der Waals surface area (Å²) in [4.78, 5) is 2.26. The molecule has 0 saturated heterocycles. The summed E-state index contributed by atoms with van der Waals surface area (Å²) in [5, 5.41) is 18.7. The minimum atomic E-state index is -0.471. The third kappa shape index (κ3) is 4.51. The first-order chi connectivity index (χ1) is 11.2.